The molecule has 6 heteroatoms. The third-order valence-electron chi connectivity index (χ3n) is 5.30. The van der Waals surface area contributed by atoms with Crippen molar-refractivity contribution >= 4 is 39.9 Å². The maximum Gasteiger partial charge on any atom is 0.290 e. The zero-order valence-corrected chi connectivity index (χ0v) is 18.0. The van der Waals surface area contributed by atoms with Gasteiger partial charge in [0.2, 0.25) is 0 Å². The summed E-state index contributed by atoms with van der Waals surface area (Å²) in [5.41, 5.74) is 4.28. The third kappa shape index (κ3) is 4.31. The van der Waals surface area contributed by atoms with E-state index in [1.54, 1.807) is 6.08 Å². The molecular weight excluding hydrogens is 420 g/mol. The first-order valence-electron chi connectivity index (χ1n) is 10.2. The van der Waals surface area contributed by atoms with Gasteiger partial charge in [0.25, 0.3) is 11.1 Å². The largest absolute Gasteiger partial charge is 0.489 e. The van der Waals surface area contributed by atoms with E-state index >= 15 is 0 Å². The molecule has 1 aliphatic heterocycles. The van der Waals surface area contributed by atoms with Gasteiger partial charge in [-0.05, 0) is 58.8 Å². The lowest BCUT2D eigenvalue weighted by atomic mass is 10.1. The quantitative estimate of drug-likeness (QED) is 0.397. The van der Waals surface area contributed by atoms with Crippen LogP contribution in [-0.2, 0) is 17.9 Å². The maximum atomic E-state index is 11.9. The van der Waals surface area contributed by atoms with Crippen molar-refractivity contribution in [3.05, 3.63) is 107 Å². The average molecular weight is 441 g/mol. The molecule has 0 spiro atoms. The SMILES string of the molecule is O=C1NC(=O)/C(=C/c2cccc3c2ccn3Cc2ccc(OCc3ccccc3)cc2)S1. The van der Waals surface area contributed by atoms with Crippen molar-refractivity contribution in [2.75, 3.05) is 0 Å². The first-order chi connectivity index (χ1) is 15.7. The zero-order chi connectivity index (χ0) is 21.9. The number of fused-ring (bicyclic) bond motifs is 1. The van der Waals surface area contributed by atoms with Crippen LogP contribution in [0.2, 0.25) is 0 Å². The molecule has 1 aromatic heterocycles. The molecule has 0 atom stereocenters. The van der Waals surface area contributed by atoms with Gasteiger partial charge >= 0.3 is 0 Å². The Morgan fingerprint density at radius 3 is 2.44 bits per heavy atom. The summed E-state index contributed by atoms with van der Waals surface area (Å²) in [6.45, 7) is 1.26. The molecule has 5 rings (SSSR count). The predicted molar refractivity (Wildman–Crippen MR) is 127 cm³/mol. The van der Waals surface area contributed by atoms with E-state index in [4.69, 9.17) is 4.74 Å². The smallest absolute Gasteiger partial charge is 0.290 e. The van der Waals surface area contributed by atoms with E-state index in [0.29, 0.717) is 11.5 Å². The molecule has 1 aliphatic rings. The molecule has 32 heavy (non-hydrogen) atoms. The topological polar surface area (TPSA) is 60.3 Å². The number of thioether (sulfide) groups is 1. The minimum absolute atomic E-state index is 0.331. The molecule has 4 aromatic rings. The summed E-state index contributed by atoms with van der Waals surface area (Å²) in [4.78, 5) is 23.7. The van der Waals surface area contributed by atoms with E-state index in [-0.39, 0.29) is 11.1 Å². The fourth-order valence-corrected chi connectivity index (χ4v) is 4.38. The molecule has 1 saturated heterocycles. The molecule has 2 amide bonds. The molecule has 5 nitrogen and oxygen atoms in total. The van der Waals surface area contributed by atoms with Crippen molar-refractivity contribution in [2.24, 2.45) is 0 Å². The van der Waals surface area contributed by atoms with E-state index in [1.807, 2.05) is 66.9 Å². The maximum absolute atomic E-state index is 11.9. The summed E-state index contributed by atoms with van der Waals surface area (Å²) in [5, 5.41) is 3.00. The zero-order valence-electron chi connectivity index (χ0n) is 17.2. The van der Waals surface area contributed by atoms with Crippen molar-refractivity contribution < 1.29 is 14.3 Å². The highest BCUT2D eigenvalue weighted by atomic mass is 32.2. The van der Waals surface area contributed by atoms with Crippen molar-refractivity contribution in [3.63, 3.8) is 0 Å². The van der Waals surface area contributed by atoms with Crippen molar-refractivity contribution in [3.8, 4) is 5.75 Å². The standard InChI is InChI=1S/C26H20N2O3S/c29-25-24(32-26(30)27-25)15-20-7-4-8-23-22(20)13-14-28(23)16-18-9-11-21(12-10-18)31-17-19-5-2-1-3-6-19/h1-15H,16-17H2,(H,27,29,30)/b24-15-. The Bertz CT molecular complexity index is 1320. The number of hydrogen-bond acceptors (Lipinski definition) is 4. The van der Waals surface area contributed by atoms with E-state index in [1.165, 1.54) is 0 Å². The number of hydrogen-bond donors (Lipinski definition) is 1. The Hall–Kier alpha value is -3.77. The normalized spacial score (nSPS) is 14.8. The monoisotopic (exact) mass is 440 g/mol. The van der Waals surface area contributed by atoms with E-state index in [2.05, 4.69) is 28.1 Å². The highest BCUT2D eigenvalue weighted by molar-refractivity contribution is 8.18. The number of rotatable bonds is 6. The number of carbonyl (C=O) groups is 2. The second-order valence-corrected chi connectivity index (χ2v) is 8.51. The summed E-state index contributed by atoms with van der Waals surface area (Å²) in [6.07, 6.45) is 3.82. The number of imide groups is 1. The number of nitrogens with one attached hydrogen (secondary N) is 1. The lowest BCUT2D eigenvalue weighted by molar-refractivity contribution is -0.115. The number of nitrogens with zero attached hydrogens (tertiary/aromatic N) is 1. The van der Waals surface area contributed by atoms with Crippen LogP contribution >= 0.6 is 11.8 Å². The van der Waals surface area contributed by atoms with Crippen LogP contribution in [-0.4, -0.2) is 15.7 Å². The van der Waals surface area contributed by atoms with Crippen LogP contribution < -0.4 is 10.1 Å². The van der Waals surface area contributed by atoms with Gasteiger partial charge in [-0.15, -0.1) is 0 Å². The van der Waals surface area contributed by atoms with Crippen molar-refractivity contribution in [1.29, 1.82) is 0 Å². The number of ether oxygens (including phenoxy) is 1. The molecule has 3 aromatic carbocycles. The van der Waals surface area contributed by atoms with Crippen LogP contribution in [0.5, 0.6) is 5.75 Å². The lowest BCUT2D eigenvalue weighted by Gasteiger charge is -2.09. The highest BCUT2D eigenvalue weighted by Crippen LogP contribution is 2.29. The van der Waals surface area contributed by atoms with E-state index in [9.17, 15) is 9.59 Å². The van der Waals surface area contributed by atoms with Gasteiger partial charge < -0.3 is 9.30 Å². The van der Waals surface area contributed by atoms with E-state index < -0.39 is 0 Å². The van der Waals surface area contributed by atoms with Crippen LogP contribution in [0.3, 0.4) is 0 Å². The Labute approximate surface area is 189 Å². The first kappa shape index (κ1) is 20.2. The molecule has 1 N–H and O–H groups in total. The lowest BCUT2D eigenvalue weighted by Crippen LogP contribution is -2.17. The third-order valence-corrected chi connectivity index (χ3v) is 6.11. The fraction of sp³-hybridized carbons (Fsp3) is 0.0769. The summed E-state index contributed by atoms with van der Waals surface area (Å²) in [7, 11) is 0. The second kappa shape index (κ2) is 8.77. The van der Waals surface area contributed by atoms with Crippen LogP contribution in [0.1, 0.15) is 16.7 Å². The van der Waals surface area contributed by atoms with Gasteiger partial charge in [0.15, 0.2) is 0 Å². The molecule has 1 fully saturated rings. The van der Waals surface area contributed by atoms with Gasteiger partial charge in [-0.2, -0.15) is 0 Å². The van der Waals surface area contributed by atoms with Gasteiger partial charge in [0, 0.05) is 23.6 Å². The summed E-state index contributed by atoms with van der Waals surface area (Å²) in [6, 6.07) is 26.2. The Morgan fingerprint density at radius 1 is 0.875 bits per heavy atom. The highest BCUT2D eigenvalue weighted by Gasteiger charge is 2.25. The molecule has 158 valence electrons. The minimum Gasteiger partial charge on any atom is -0.489 e. The van der Waals surface area contributed by atoms with E-state index in [0.717, 1.165) is 51.6 Å². The van der Waals surface area contributed by atoms with Gasteiger partial charge in [-0.1, -0.05) is 54.6 Å². The summed E-state index contributed by atoms with van der Waals surface area (Å²) >= 11 is 0.933. The second-order valence-electron chi connectivity index (χ2n) is 7.49. The molecule has 0 radical (unpaired) electrons. The molecule has 0 aliphatic carbocycles. The van der Waals surface area contributed by atoms with Crippen LogP contribution in [0.15, 0.2) is 90.0 Å². The Balaban J connectivity index is 1.32. The van der Waals surface area contributed by atoms with Crippen LogP contribution in [0.4, 0.5) is 4.79 Å². The van der Waals surface area contributed by atoms with Crippen molar-refractivity contribution in [2.45, 2.75) is 13.2 Å². The molecule has 0 saturated carbocycles. The Kier molecular flexibility index (Phi) is 5.52. The minimum atomic E-state index is -0.342. The summed E-state index contributed by atoms with van der Waals surface area (Å²) < 4.78 is 8.05. The summed E-state index contributed by atoms with van der Waals surface area (Å²) in [5.74, 6) is 0.497. The average Bonchev–Trinajstić information content (AvgIpc) is 3.36. The van der Waals surface area contributed by atoms with Gasteiger partial charge in [-0.3, -0.25) is 14.9 Å². The predicted octanol–water partition coefficient (Wildman–Crippen LogP) is 5.59. The molecule has 0 bridgehead atoms. The van der Waals surface area contributed by atoms with Crippen molar-refractivity contribution in [1.82, 2.24) is 9.88 Å². The fourth-order valence-electron chi connectivity index (χ4n) is 3.70. The number of aromatic nitrogens is 1. The number of carbonyl (C=O) groups excluding carboxylic acids is 2. The molecule has 0 unspecified atom stereocenters. The first-order valence-corrected chi connectivity index (χ1v) is 11.1. The molecular formula is C26H20N2O3S. The number of amides is 2. The van der Waals surface area contributed by atoms with Gasteiger partial charge in [0.05, 0.1) is 4.91 Å². The molecule has 2 heterocycles. The number of benzene rings is 3. The van der Waals surface area contributed by atoms with Gasteiger partial charge in [0.1, 0.15) is 12.4 Å². The Morgan fingerprint density at radius 2 is 1.69 bits per heavy atom. The van der Waals surface area contributed by atoms with Crippen LogP contribution in [0, 0.1) is 0 Å². The van der Waals surface area contributed by atoms with Gasteiger partial charge in [-0.25, -0.2) is 0 Å². The van der Waals surface area contributed by atoms with Crippen LogP contribution in [0.25, 0.3) is 17.0 Å².